The Morgan fingerprint density at radius 1 is 0.426 bits per heavy atom. The molecule has 0 fully saturated rings. The summed E-state index contributed by atoms with van der Waals surface area (Å²) in [6.45, 7) is 0. The molecule has 3 aromatic heterocycles. The van der Waals surface area contributed by atoms with Crippen LogP contribution in [0.15, 0.2) is 176 Å². The summed E-state index contributed by atoms with van der Waals surface area (Å²) in [6.07, 6.45) is 0. The first-order valence-corrected chi connectivity index (χ1v) is 19.1. The predicted octanol–water partition coefficient (Wildman–Crippen LogP) is 13.9. The Labute approximate surface area is 314 Å². The van der Waals surface area contributed by atoms with Crippen LogP contribution in [-0.4, -0.2) is 14.5 Å². The highest BCUT2D eigenvalue weighted by molar-refractivity contribution is 7.26. The lowest BCUT2D eigenvalue weighted by Gasteiger charge is -2.14. The normalized spacial score (nSPS) is 12.1. The summed E-state index contributed by atoms with van der Waals surface area (Å²) in [6, 6.07) is 63.7. The average molecular weight is 704 g/mol. The Balaban J connectivity index is 1.21. The zero-order chi connectivity index (χ0) is 35.3. The van der Waals surface area contributed by atoms with Crippen LogP contribution in [0.3, 0.4) is 0 Å². The highest BCUT2D eigenvalue weighted by Crippen LogP contribution is 2.45. The molecule has 0 saturated heterocycles. The lowest BCUT2D eigenvalue weighted by Crippen LogP contribution is -1.98. The maximum Gasteiger partial charge on any atom is 0.161 e. The standard InChI is InChI=1S/C50H29N3S/c1-2-14-33-27-34(22-21-30(33)11-1)48-39-18-7-9-19-42(39)51-50(52-48)41-29-35(28-40-38-17-8-10-20-45(38)54-49(40)41)53-43-25-23-31-12-3-5-15-36(31)46(43)47-37-16-6-4-13-32(37)24-26-44(47)53/h1-29H. The molecule has 0 amide bonds. The number of para-hydroxylation sites is 1. The van der Waals surface area contributed by atoms with Crippen molar-refractivity contribution in [3.05, 3.63) is 176 Å². The second kappa shape index (κ2) is 11.3. The van der Waals surface area contributed by atoms with Gasteiger partial charge in [0.1, 0.15) is 0 Å². The fourth-order valence-electron chi connectivity index (χ4n) is 8.69. The molecule has 0 bridgehead atoms. The molecule has 0 spiro atoms. The van der Waals surface area contributed by atoms with Crippen LogP contribution in [0.25, 0.3) is 114 Å². The molecule has 3 heterocycles. The van der Waals surface area contributed by atoms with Crippen LogP contribution in [0, 0.1) is 0 Å². The summed E-state index contributed by atoms with van der Waals surface area (Å²) in [5, 5.41) is 13.5. The largest absolute Gasteiger partial charge is 0.309 e. The quantitative estimate of drug-likeness (QED) is 0.183. The van der Waals surface area contributed by atoms with Crippen molar-refractivity contribution >= 4 is 96.5 Å². The van der Waals surface area contributed by atoms with Gasteiger partial charge in [0.05, 0.1) is 22.2 Å². The minimum absolute atomic E-state index is 0.729. The van der Waals surface area contributed by atoms with Crippen LogP contribution in [0.5, 0.6) is 0 Å². The Bertz CT molecular complexity index is 3420. The summed E-state index contributed by atoms with van der Waals surface area (Å²) < 4.78 is 4.90. The Morgan fingerprint density at radius 3 is 1.76 bits per heavy atom. The first kappa shape index (κ1) is 29.7. The lowest BCUT2D eigenvalue weighted by molar-refractivity contribution is 1.18. The molecule has 0 radical (unpaired) electrons. The Hall–Kier alpha value is -6.88. The number of nitrogens with zero attached hydrogens (tertiary/aromatic N) is 3. The van der Waals surface area contributed by atoms with E-state index in [-0.39, 0.29) is 0 Å². The van der Waals surface area contributed by atoms with Gasteiger partial charge in [0.25, 0.3) is 0 Å². The molecular weight excluding hydrogens is 675 g/mol. The molecule has 0 aliphatic rings. The topological polar surface area (TPSA) is 30.7 Å². The van der Waals surface area contributed by atoms with Crippen LogP contribution < -0.4 is 0 Å². The van der Waals surface area contributed by atoms with Gasteiger partial charge in [-0.2, -0.15) is 0 Å². The van der Waals surface area contributed by atoms with E-state index in [1.807, 2.05) is 11.3 Å². The van der Waals surface area contributed by atoms with Gasteiger partial charge in [0, 0.05) is 53.1 Å². The second-order valence-corrected chi connectivity index (χ2v) is 15.2. The van der Waals surface area contributed by atoms with Gasteiger partial charge in [-0.25, -0.2) is 9.97 Å². The first-order chi connectivity index (χ1) is 26.8. The second-order valence-electron chi connectivity index (χ2n) is 14.1. The first-order valence-electron chi connectivity index (χ1n) is 18.3. The van der Waals surface area contributed by atoms with Crippen LogP contribution in [0.1, 0.15) is 0 Å². The van der Waals surface area contributed by atoms with Crippen molar-refractivity contribution in [1.82, 2.24) is 14.5 Å². The summed E-state index contributed by atoms with van der Waals surface area (Å²) in [5.74, 6) is 0.729. The maximum atomic E-state index is 5.48. The van der Waals surface area contributed by atoms with E-state index in [1.54, 1.807) is 0 Å². The van der Waals surface area contributed by atoms with Crippen molar-refractivity contribution in [3.8, 4) is 28.3 Å². The van der Waals surface area contributed by atoms with Gasteiger partial charge in [-0.05, 0) is 74.8 Å². The number of rotatable bonds is 3. The van der Waals surface area contributed by atoms with Crippen molar-refractivity contribution in [3.63, 3.8) is 0 Å². The molecule has 0 atom stereocenters. The van der Waals surface area contributed by atoms with Crippen LogP contribution >= 0.6 is 11.3 Å². The molecule has 12 aromatic rings. The van der Waals surface area contributed by atoms with Gasteiger partial charge in [-0.1, -0.05) is 133 Å². The minimum atomic E-state index is 0.729. The fraction of sp³-hybridized carbons (Fsp3) is 0. The molecule has 0 aliphatic carbocycles. The molecule has 0 N–H and O–H groups in total. The fourth-order valence-corrected chi connectivity index (χ4v) is 9.88. The van der Waals surface area contributed by atoms with E-state index in [0.717, 1.165) is 39.2 Å². The molecule has 9 aromatic carbocycles. The molecule has 3 nitrogen and oxygen atoms in total. The third kappa shape index (κ3) is 4.29. The number of thiophene rings is 1. The summed E-state index contributed by atoms with van der Waals surface area (Å²) in [5.41, 5.74) is 7.44. The van der Waals surface area contributed by atoms with Crippen LogP contribution in [0.4, 0.5) is 0 Å². The molecule has 54 heavy (non-hydrogen) atoms. The minimum Gasteiger partial charge on any atom is -0.309 e. The molecule has 0 aliphatic heterocycles. The zero-order valence-corrected chi connectivity index (χ0v) is 29.8. The average Bonchev–Trinajstić information content (AvgIpc) is 3.79. The molecule has 0 unspecified atom stereocenters. The van der Waals surface area contributed by atoms with Gasteiger partial charge in [0.2, 0.25) is 0 Å². The van der Waals surface area contributed by atoms with Gasteiger partial charge >= 0.3 is 0 Å². The van der Waals surface area contributed by atoms with Gasteiger partial charge < -0.3 is 4.57 Å². The van der Waals surface area contributed by atoms with E-state index in [2.05, 4.69) is 180 Å². The number of aromatic nitrogens is 3. The van der Waals surface area contributed by atoms with E-state index in [0.29, 0.717) is 0 Å². The van der Waals surface area contributed by atoms with Crippen molar-refractivity contribution in [1.29, 1.82) is 0 Å². The zero-order valence-electron chi connectivity index (χ0n) is 29.0. The van der Waals surface area contributed by atoms with Gasteiger partial charge in [-0.15, -0.1) is 11.3 Å². The summed E-state index contributed by atoms with van der Waals surface area (Å²) in [7, 11) is 0. The SMILES string of the molecule is c1ccc2cc(-c3nc(-c4cc(-n5c6ccc7ccccc7c6c6c7ccccc7ccc65)cc5c4sc4ccccc45)nc4ccccc34)ccc2c1. The van der Waals surface area contributed by atoms with Crippen molar-refractivity contribution in [2.24, 2.45) is 0 Å². The number of hydrogen-bond acceptors (Lipinski definition) is 3. The van der Waals surface area contributed by atoms with E-state index in [9.17, 15) is 0 Å². The molecule has 4 heteroatoms. The van der Waals surface area contributed by atoms with Gasteiger partial charge in [-0.3, -0.25) is 0 Å². The smallest absolute Gasteiger partial charge is 0.161 e. The predicted molar refractivity (Wildman–Crippen MR) is 230 cm³/mol. The number of hydrogen-bond donors (Lipinski definition) is 0. The highest BCUT2D eigenvalue weighted by Gasteiger charge is 2.22. The van der Waals surface area contributed by atoms with E-state index in [4.69, 9.17) is 9.97 Å². The molecule has 250 valence electrons. The summed E-state index contributed by atoms with van der Waals surface area (Å²) in [4.78, 5) is 10.8. The highest BCUT2D eigenvalue weighted by atomic mass is 32.1. The molecular formula is C50H29N3S. The maximum absolute atomic E-state index is 5.48. The van der Waals surface area contributed by atoms with E-state index < -0.39 is 0 Å². The van der Waals surface area contributed by atoms with Crippen LogP contribution in [-0.2, 0) is 0 Å². The monoisotopic (exact) mass is 703 g/mol. The Morgan fingerprint density at radius 2 is 1.02 bits per heavy atom. The van der Waals surface area contributed by atoms with Crippen molar-refractivity contribution in [2.45, 2.75) is 0 Å². The van der Waals surface area contributed by atoms with Crippen LogP contribution in [0.2, 0.25) is 0 Å². The third-order valence-corrected chi connectivity index (χ3v) is 12.4. The Kier molecular flexibility index (Phi) is 6.21. The summed E-state index contributed by atoms with van der Waals surface area (Å²) >= 11 is 1.82. The number of fused-ring (bicyclic) bond motifs is 12. The molecule has 0 saturated carbocycles. The van der Waals surface area contributed by atoms with E-state index in [1.165, 1.54) is 74.3 Å². The lowest BCUT2D eigenvalue weighted by atomic mass is 10.00. The van der Waals surface area contributed by atoms with Crippen molar-refractivity contribution < 1.29 is 0 Å². The van der Waals surface area contributed by atoms with Crippen molar-refractivity contribution in [2.75, 3.05) is 0 Å². The van der Waals surface area contributed by atoms with Gasteiger partial charge in [0.15, 0.2) is 5.82 Å². The van der Waals surface area contributed by atoms with E-state index >= 15 is 0 Å². The molecule has 12 rings (SSSR count). The third-order valence-electron chi connectivity index (χ3n) is 11.1. The number of benzene rings is 9.